The highest BCUT2D eigenvalue weighted by atomic mass is 19.4. The molecule has 0 aromatic carbocycles. The minimum absolute atomic E-state index is 0.101. The van der Waals surface area contributed by atoms with Crippen molar-refractivity contribution in [2.45, 2.75) is 45.0 Å². The van der Waals surface area contributed by atoms with Crippen molar-refractivity contribution in [1.29, 1.82) is 0 Å². The van der Waals surface area contributed by atoms with E-state index in [-0.39, 0.29) is 12.8 Å². The van der Waals surface area contributed by atoms with Gasteiger partial charge >= 0.3 is 6.18 Å². The van der Waals surface area contributed by atoms with Crippen molar-refractivity contribution in [3.8, 4) is 0 Å². The minimum Gasteiger partial charge on any atom is -0.393 e. The second-order valence-electron chi connectivity index (χ2n) is 3.50. The van der Waals surface area contributed by atoms with Crippen molar-refractivity contribution in [3.05, 3.63) is 12.2 Å². The fourth-order valence-corrected chi connectivity index (χ4v) is 1.35. The van der Waals surface area contributed by atoms with Crippen LogP contribution in [-0.2, 0) is 13.0 Å². The Morgan fingerprint density at radius 1 is 1.50 bits per heavy atom. The number of rotatable bonds is 5. The highest BCUT2D eigenvalue weighted by Gasteiger charge is 2.28. The van der Waals surface area contributed by atoms with Crippen LogP contribution in [0.1, 0.15) is 25.6 Å². The molecule has 0 amide bonds. The van der Waals surface area contributed by atoms with Gasteiger partial charge in [0.1, 0.15) is 12.2 Å². The van der Waals surface area contributed by atoms with Gasteiger partial charge in [0.25, 0.3) is 0 Å². The molecule has 1 rings (SSSR count). The van der Waals surface area contributed by atoms with Gasteiger partial charge in [-0.25, -0.2) is 4.98 Å². The highest BCUT2D eigenvalue weighted by Crippen LogP contribution is 2.22. The zero-order valence-electron chi connectivity index (χ0n) is 8.91. The summed E-state index contributed by atoms with van der Waals surface area (Å²) in [6.07, 6.45) is -5.11. The number of aryl methyl sites for hydroxylation is 1. The molecule has 0 saturated heterocycles. The minimum atomic E-state index is -4.22. The first-order chi connectivity index (χ1) is 7.42. The van der Waals surface area contributed by atoms with Crippen molar-refractivity contribution in [1.82, 2.24) is 14.8 Å². The summed E-state index contributed by atoms with van der Waals surface area (Å²) < 4.78 is 37.2. The standard InChI is InChI=1S/C9H14F3N3O/c1-2-15-8(13-6-14-15)5-7(16)3-4-9(10,11)12/h6-7,16H,2-5H2,1H3. The van der Waals surface area contributed by atoms with E-state index in [0.717, 1.165) is 0 Å². The van der Waals surface area contributed by atoms with Crippen LogP contribution in [0.5, 0.6) is 0 Å². The topological polar surface area (TPSA) is 50.9 Å². The van der Waals surface area contributed by atoms with Crippen molar-refractivity contribution < 1.29 is 18.3 Å². The lowest BCUT2D eigenvalue weighted by Gasteiger charge is -2.12. The summed E-state index contributed by atoms with van der Waals surface area (Å²) in [4.78, 5) is 3.88. The van der Waals surface area contributed by atoms with Gasteiger partial charge in [0, 0.05) is 19.4 Å². The van der Waals surface area contributed by atoms with Gasteiger partial charge in [0.2, 0.25) is 0 Å². The Kier molecular flexibility index (Phi) is 4.28. The Hall–Kier alpha value is -1.11. The molecular formula is C9H14F3N3O. The van der Waals surface area contributed by atoms with Crippen molar-refractivity contribution >= 4 is 0 Å². The quantitative estimate of drug-likeness (QED) is 0.845. The number of alkyl halides is 3. The van der Waals surface area contributed by atoms with Crippen LogP contribution in [-0.4, -0.2) is 32.2 Å². The summed E-state index contributed by atoms with van der Waals surface area (Å²) in [5.41, 5.74) is 0. The summed E-state index contributed by atoms with van der Waals surface area (Å²) in [6.45, 7) is 2.43. The second kappa shape index (κ2) is 5.29. The third-order valence-corrected chi connectivity index (χ3v) is 2.17. The van der Waals surface area contributed by atoms with Crippen LogP contribution in [0.4, 0.5) is 13.2 Å². The van der Waals surface area contributed by atoms with Gasteiger partial charge in [0.05, 0.1) is 6.10 Å². The van der Waals surface area contributed by atoms with E-state index in [2.05, 4.69) is 10.1 Å². The summed E-state index contributed by atoms with van der Waals surface area (Å²) in [7, 11) is 0. The maximum atomic E-state index is 11.9. The maximum absolute atomic E-state index is 11.9. The van der Waals surface area contributed by atoms with Gasteiger partial charge in [-0.15, -0.1) is 0 Å². The molecular weight excluding hydrogens is 223 g/mol. The fraction of sp³-hybridized carbons (Fsp3) is 0.778. The zero-order chi connectivity index (χ0) is 12.2. The van der Waals surface area contributed by atoms with Gasteiger partial charge in [0.15, 0.2) is 0 Å². The van der Waals surface area contributed by atoms with Crippen LogP contribution >= 0.6 is 0 Å². The molecule has 1 atom stereocenters. The lowest BCUT2D eigenvalue weighted by molar-refractivity contribution is -0.139. The van der Waals surface area contributed by atoms with E-state index in [9.17, 15) is 18.3 Å². The molecule has 1 N–H and O–H groups in total. The highest BCUT2D eigenvalue weighted by molar-refractivity contribution is 4.87. The first kappa shape index (κ1) is 13.0. The molecule has 1 heterocycles. The van der Waals surface area contributed by atoms with Crippen LogP contribution in [0.15, 0.2) is 6.33 Å². The third-order valence-electron chi connectivity index (χ3n) is 2.17. The molecule has 1 aromatic rings. The monoisotopic (exact) mass is 237 g/mol. The Labute approximate surface area is 91.1 Å². The fourth-order valence-electron chi connectivity index (χ4n) is 1.35. The second-order valence-corrected chi connectivity index (χ2v) is 3.50. The lowest BCUT2D eigenvalue weighted by Crippen LogP contribution is -2.18. The van der Waals surface area contributed by atoms with Gasteiger partial charge in [-0.1, -0.05) is 0 Å². The summed E-state index contributed by atoms with van der Waals surface area (Å²) in [5.74, 6) is 0.511. The lowest BCUT2D eigenvalue weighted by atomic mass is 10.1. The number of aliphatic hydroxyl groups is 1. The summed E-state index contributed by atoms with van der Waals surface area (Å²) in [6, 6.07) is 0. The zero-order valence-corrected chi connectivity index (χ0v) is 8.91. The molecule has 92 valence electrons. The Morgan fingerprint density at radius 2 is 2.19 bits per heavy atom. The molecule has 16 heavy (non-hydrogen) atoms. The van der Waals surface area contributed by atoms with Crippen LogP contribution in [0.2, 0.25) is 0 Å². The van der Waals surface area contributed by atoms with Gasteiger partial charge in [-0.2, -0.15) is 18.3 Å². The number of halogens is 3. The van der Waals surface area contributed by atoms with E-state index in [1.54, 1.807) is 4.68 Å². The summed E-state index contributed by atoms with van der Waals surface area (Å²) >= 11 is 0. The Bertz CT molecular complexity index is 324. The van der Waals surface area contributed by atoms with Gasteiger partial charge < -0.3 is 5.11 Å². The molecule has 0 fully saturated rings. The molecule has 0 saturated carbocycles. The van der Waals surface area contributed by atoms with Gasteiger partial charge in [-0.05, 0) is 13.3 Å². The van der Waals surface area contributed by atoms with Crippen molar-refractivity contribution in [2.24, 2.45) is 0 Å². The molecule has 4 nitrogen and oxygen atoms in total. The normalized spacial score (nSPS) is 14.1. The van der Waals surface area contributed by atoms with E-state index in [4.69, 9.17) is 0 Å². The number of aliphatic hydroxyl groups excluding tert-OH is 1. The Morgan fingerprint density at radius 3 is 2.75 bits per heavy atom. The van der Waals surface area contributed by atoms with Crippen LogP contribution in [0.3, 0.4) is 0 Å². The van der Waals surface area contributed by atoms with Crippen LogP contribution in [0, 0.1) is 0 Å². The average Bonchev–Trinajstić information content (AvgIpc) is 2.61. The molecule has 0 aliphatic rings. The number of nitrogens with zero attached hydrogens (tertiary/aromatic N) is 3. The molecule has 0 radical (unpaired) electrons. The molecule has 0 aliphatic carbocycles. The van der Waals surface area contributed by atoms with E-state index in [1.165, 1.54) is 6.33 Å². The number of aromatic nitrogens is 3. The van der Waals surface area contributed by atoms with Crippen LogP contribution < -0.4 is 0 Å². The molecule has 1 aromatic heterocycles. The number of hydrogen-bond donors (Lipinski definition) is 1. The van der Waals surface area contributed by atoms with E-state index < -0.39 is 18.7 Å². The first-order valence-electron chi connectivity index (χ1n) is 5.04. The average molecular weight is 237 g/mol. The molecule has 0 bridgehead atoms. The predicted molar refractivity (Wildman–Crippen MR) is 50.7 cm³/mol. The third kappa shape index (κ3) is 4.18. The molecule has 7 heteroatoms. The predicted octanol–water partition coefficient (Wildman–Crippen LogP) is 1.54. The maximum Gasteiger partial charge on any atom is 0.389 e. The van der Waals surface area contributed by atoms with Gasteiger partial charge in [-0.3, -0.25) is 4.68 Å². The molecule has 0 aliphatic heterocycles. The van der Waals surface area contributed by atoms with Crippen LogP contribution in [0.25, 0.3) is 0 Å². The Balaban J connectivity index is 2.42. The largest absolute Gasteiger partial charge is 0.393 e. The van der Waals surface area contributed by atoms with E-state index >= 15 is 0 Å². The molecule has 0 spiro atoms. The number of hydrogen-bond acceptors (Lipinski definition) is 3. The first-order valence-corrected chi connectivity index (χ1v) is 5.04. The van der Waals surface area contributed by atoms with Crippen molar-refractivity contribution in [2.75, 3.05) is 0 Å². The van der Waals surface area contributed by atoms with E-state index in [0.29, 0.717) is 12.4 Å². The molecule has 1 unspecified atom stereocenters. The SMILES string of the molecule is CCn1ncnc1CC(O)CCC(F)(F)F. The van der Waals surface area contributed by atoms with Crippen molar-refractivity contribution in [3.63, 3.8) is 0 Å². The smallest absolute Gasteiger partial charge is 0.389 e. The van der Waals surface area contributed by atoms with E-state index in [1.807, 2.05) is 6.92 Å². The summed E-state index contributed by atoms with van der Waals surface area (Å²) in [5, 5.41) is 13.3.